The van der Waals surface area contributed by atoms with Gasteiger partial charge in [-0.25, -0.2) is 5.43 Å². The molecule has 0 fully saturated rings. The van der Waals surface area contributed by atoms with Crippen molar-refractivity contribution in [3.63, 3.8) is 0 Å². The SMILES string of the molecule is CCc1ccc(NC(=O)C(=O)N/N=C\c2ccc(OCC(=O)Nc3ccc(C)cc3)c(OC)c2)cc1. The number of aryl methyl sites for hydroxylation is 2. The van der Waals surface area contributed by atoms with E-state index in [2.05, 4.69) is 21.2 Å². The van der Waals surface area contributed by atoms with Crippen molar-refractivity contribution in [2.75, 3.05) is 24.4 Å². The smallest absolute Gasteiger partial charge is 0.329 e. The van der Waals surface area contributed by atoms with E-state index in [1.807, 2.05) is 50.2 Å². The third kappa shape index (κ3) is 7.69. The Balaban J connectivity index is 1.51. The van der Waals surface area contributed by atoms with Gasteiger partial charge in [-0.15, -0.1) is 0 Å². The van der Waals surface area contributed by atoms with Gasteiger partial charge in [-0.1, -0.05) is 36.8 Å². The fourth-order valence-electron chi connectivity index (χ4n) is 3.09. The van der Waals surface area contributed by atoms with Crippen LogP contribution in [0.1, 0.15) is 23.6 Å². The van der Waals surface area contributed by atoms with Crippen LogP contribution in [0.4, 0.5) is 11.4 Å². The number of hydrazone groups is 1. The number of hydrogen-bond donors (Lipinski definition) is 3. The number of rotatable bonds is 9. The Bertz CT molecular complexity index is 1240. The molecule has 9 heteroatoms. The van der Waals surface area contributed by atoms with Crippen LogP contribution < -0.4 is 25.5 Å². The minimum Gasteiger partial charge on any atom is -0.493 e. The van der Waals surface area contributed by atoms with E-state index in [0.29, 0.717) is 28.4 Å². The molecule has 0 atom stereocenters. The topological polar surface area (TPSA) is 118 Å². The van der Waals surface area contributed by atoms with Crippen LogP contribution in [0.3, 0.4) is 0 Å². The van der Waals surface area contributed by atoms with Crippen LogP contribution in [0.15, 0.2) is 71.8 Å². The fourth-order valence-corrected chi connectivity index (χ4v) is 3.09. The van der Waals surface area contributed by atoms with Crippen LogP contribution in [-0.4, -0.2) is 37.7 Å². The second-order valence-electron chi connectivity index (χ2n) is 7.82. The average Bonchev–Trinajstić information content (AvgIpc) is 2.89. The lowest BCUT2D eigenvalue weighted by Crippen LogP contribution is -2.32. The molecule has 3 N–H and O–H groups in total. The zero-order chi connectivity index (χ0) is 25.9. The first kappa shape index (κ1) is 26.0. The molecule has 0 aliphatic rings. The molecule has 0 radical (unpaired) electrons. The van der Waals surface area contributed by atoms with Gasteiger partial charge in [-0.05, 0) is 66.9 Å². The Morgan fingerprint density at radius 1 is 0.861 bits per heavy atom. The largest absolute Gasteiger partial charge is 0.493 e. The summed E-state index contributed by atoms with van der Waals surface area (Å²) in [4.78, 5) is 36.2. The first-order valence-corrected chi connectivity index (χ1v) is 11.3. The predicted molar refractivity (Wildman–Crippen MR) is 138 cm³/mol. The molecule has 3 aromatic rings. The molecule has 0 aliphatic carbocycles. The molecule has 0 spiro atoms. The number of nitrogens with one attached hydrogen (secondary N) is 3. The van der Waals surface area contributed by atoms with Crippen molar-refractivity contribution in [1.82, 2.24) is 5.43 Å². The van der Waals surface area contributed by atoms with Crippen molar-refractivity contribution >= 4 is 35.3 Å². The maximum atomic E-state index is 12.2. The summed E-state index contributed by atoms with van der Waals surface area (Å²) in [6, 6.07) is 19.6. The van der Waals surface area contributed by atoms with Gasteiger partial charge in [-0.2, -0.15) is 5.10 Å². The molecule has 9 nitrogen and oxygen atoms in total. The van der Waals surface area contributed by atoms with Crippen molar-refractivity contribution in [2.24, 2.45) is 5.10 Å². The van der Waals surface area contributed by atoms with Crippen molar-refractivity contribution < 1.29 is 23.9 Å². The monoisotopic (exact) mass is 488 g/mol. The van der Waals surface area contributed by atoms with E-state index in [-0.39, 0.29) is 12.5 Å². The molecule has 0 heterocycles. The zero-order valence-electron chi connectivity index (χ0n) is 20.3. The van der Waals surface area contributed by atoms with Gasteiger partial charge in [0, 0.05) is 11.4 Å². The van der Waals surface area contributed by atoms with E-state index in [4.69, 9.17) is 9.47 Å². The van der Waals surface area contributed by atoms with Crippen molar-refractivity contribution in [2.45, 2.75) is 20.3 Å². The van der Waals surface area contributed by atoms with Gasteiger partial charge >= 0.3 is 11.8 Å². The molecular formula is C27H28N4O5. The zero-order valence-corrected chi connectivity index (χ0v) is 20.3. The molecule has 0 aliphatic heterocycles. The molecule has 0 aromatic heterocycles. The number of benzene rings is 3. The lowest BCUT2D eigenvalue weighted by molar-refractivity contribution is -0.136. The van der Waals surface area contributed by atoms with E-state index in [1.54, 1.807) is 30.3 Å². The molecular weight excluding hydrogens is 460 g/mol. The number of amides is 3. The summed E-state index contributed by atoms with van der Waals surface area (Å²) in [7, 11) is 1.47. The standard InChI is InChI=1S/C27H28N4O5/c1-4-19-7-12-22(13-8-19)30-26(33)27(34)31-28-16-20-9-14-23(24(15-20)35-3)36-17-25(32)29-21-10-5-18(2)6-11-21/h5-16H,4,17H2,1-3H3,(H,29,32)(H,30,33)(H,31,34)/b28-16-. The predicted octanol–water partition coefficient (Wildman–Crippen LogP) is 3.67. The number of hydrogen-bond acceptors (Lipinski definition) is 6. The number of anilines is 2. The van der Waals surface area contributed by atoms with Crippen molar-refractivity contribution in [1.29, 1.82) is 0 Å². The molecule has 0 saturated carbocycles. The van der Waals surface area contributed by atoms with E-state index in [9.17, 15) is 14.4 Å². The molecule has 3 rings (SSSR count). The summed E-state index contributed by atoms with van der Waals surface area (Å²) in [6.45, 7) is 3.79. The lowest BCUT2D eigenvalue weighted by Gasteiger charge is -2.11. The highest BCUT2D eigenvalue weighted by atomic mass is 16.5. The summed E-state index contributed by atoms with van der Waals surface area (Å²) >= 11 is 0. The summed E-state index contributed by atoms with van der Waals surface area (Å²) in [5.41, 5.74) is 6.18. The van der Waals surface area contributed by atoms with Crippen LogP contribution in [0.25, 0.3) is 0 Å². The number of carbonyl (C=O) groups is 3. The molecule has 36 heavy (non-hydrogen) atoms. The Labute approximate surface area is 209 Å². The second kappa shape index (κ2) is 12.7. The number of ether oxygens (including phenoxy) is 2. The summed E-state index contributed by atoms with van der Waals surface area (Å²) < 4.78 is 10.9. The van der Waals surface area contributed by atoms with Gasteiger partial charge in [0.05, 0.1) is 13.3 Å². The van der Waals surface area contributed by atoms with Gasteiger partial charge < -0.3 is 20.1 Å². The molecule has 0 unspecified atom stereocenters. The van der Waals surface area contributed by atoms with E-state index < -0.39 is 11.8 Å². The lowest BCUT2D eigenvalue weighted by atomic mass is 10.1. The van der Waals surface area contributed by atoms with E-state index >= 15 is 0 Å². The Hall–Kier alpha value is -4.66. The fraction of sp³-hybridized carbons (Fsp3) is 0.185. The van der Waals surface area contributed by atoms with Crippen LogP contribution in [-0.2, 0) is 20.8 Å². The van der Waals surface area contributed by atoms with Crippen LogP contribution in [0.5, 0.6) is 11.5 Å². The van der Waals surface area contributed by atoms with Crippen LogP contribution >= 0.6 is 0 Å². The Morgan fingerprint density at radius 3 is 2.19 bits per heavy atom. The third-order valence-electron chi connectivity index (χ3n) is 5.09. The highest BCUT2D eigenvalue weighted by Crippen LogP contribution is 2.27. The highest BCUT2D eigenvalue weighted by Gasteiger charge is 2.13. The normalized spacial score (nSPS) is 10.5. The van der Waals surface area contributed by atoms with Gasteiger partial charge in [0.2, 0.25) is 0 Å². The summed E-state index contributed by atoms with van der Waals surface area (Å²) in [6.07, 6.45) is 2.24. The third-order valence-corrected chi connectivity index (χ3v) is 5.09. The summed E-state index contributed by atoms with van der Waals surface area (Å²) in [5, 5.41) is 9.09. The average molecular weight is 489 g/mol. The number of methoxy groups -OCH3 is 1. The van der Waals surface area contributed by atoms with Gasteiger partial charge in [0.15, 0.2) is 18.1 Å². The van der Waals surface area contributed by atoms with Crippen molar-refractivity contribution in [3.8, 4) is 11.5 Å². The van der Waals surface area contributed by atoms with Gasteiger partial charge in [0.1, 0.15) is 0 Å². The highest BCUT2D eigenvalue weighted by molar-refractivity contribution is 6.39. The molecule has 3 aromatic carbocycles. The maximum absolute atomic E-state index is 12.2. The number of carbonyl (C=O) groups excluding carboxylic acids is 3. The number of nitrogens with zero attached hydrogens (tertiary/aromatic N) is 1. The van der Waals surface area contributed by atoms with Crippen LogP contribution in [0.2, 0.25) is 0 Å². The Morgan fingerprint density at radius 2 is 1.53 bits per heavy atom. The van der Waals surface area contributed by atoms with E-state index in [0.717, 1.165) is 17.5 Å². The van der Waals surface area contributed by atoms with Crippen LogP contribution in [0, 0.1) is 6.92 Å². The van der Waals surface area contributed by atoms with Gasteiger partial charge in [-0.3, -0.25) is 14.4 Å². The van der Waals surface area contributed by atoms with E-state index in [1.165, 1.54) is 13.3 Å². The molecule has 0 bridgehead atoms. The second-order valence-corrected chi connectivity index (χ2v) is 7.82. The first-order valence-electron chi connectivity index (χ1n) is 11.3. The minimum atomic E-state index is -0.905. The Kier molecular flexibility index (Phi) is 9.16. The van der Waals surface area contributed by atoms with Crippen molar-refractivity contribution in [3.05, 3.63) is 83.4 Å². The molecule has 0 saturated heterocycles. The first-order chi connectivity index (χ1) is 17.4. The summed E-state index contributed by atoms with van der Waals surface area (Å²) in [5.74, 6) is -1.30. The molecule has 186 valence electrons. The quantitative estimate of drug-likeness (QED) is 0.241. The molecule has 3 amide bonds. The maximum Gasteiger partial charge on any atom is 0.329 e. The van der Waals surface area contributed by atoms with Gasteiger partial charge in [0.25, 0.3) is 5.91 Å². The minimum absolute atomic E-state index is 0.204.